The molecule has 1 fully saturated rings. The van der Waals surface area contributed by atoms with Crippen LogP contribution < -0.4 is 10.1 Å². The first-order valence-corrected chi connectivity index (χ1v) is 7.91. The molecular weight excluding hydrogens is 337 g/mol. The van der Waals surface area contributed by atoms with Crippen LogP contribution in [0.4, 0.5) is 13.2 Å². The summed E-state index contributed by atoms with van der Waals surface area (Å²) in [4.78, 5) is 5.97. The number of ether oxygens (including phenoxy) is 1. The van der Waals surface area contributed by atoms with Gasteiger partial charge < -0.3 is 14.6 Å². The topological polar surface area (TPSA) is 63.4 Å². The van der Waals surface area contributed by atoms with Gasteiger partial charge in [-0.25, -0.2) is 0 Å². The van der Waals surface area contributed by atoms with E-state index in [0.717, 1.165) is 30.9 Å². The van der Waals surface area contributed by atoms with Crippen LogP contribution in [-0.2, 0) is 13.0 Å². The van der Waals surface area contributed by atoms with Crippen molar-refractivity contribution in [2.24, 2.45) is 0 Å². The Morgan fingerprint density at radius 3 is 3.00 bits per heavy atom. The van der Waals surface area contributed by atoms with Gasteiger partial charge in [-0.1, -0.05) is 17.3 Å². The van der Waals surface area contributed by atoms with Crippen molar-refractivity contribution >= 4 is 0 Å². The SMILES string of the molecule is COc1cccc(C2CNCCN2Cc2nc(CC(F)(F)F)no2)c1. The lowest BCUT2D eigenvalue weighted by atomic mass is 10.0. The van der Waals surface area contributed by atoms with Crippen LogP contribution in [0.25, 0.3) is 0 Å². The first-order valence-electron chi connectivity index (χ1n) is 7.91. The van der Waals surface area contributed by atoms with Crippen molar-refractivity contribution < 1.29 is 22.4 Å². The molecular formula is C16H19F3N4O2. The van der Waals surface area contributed by atoms with Crippen molar-refractivity contribution in [2.75, 3.05) is 26.7 Å². The number of piperazine rings is 1. The molecule has 0 bridgehead atoms. The largest absolute Gasteiger partial charge is 0.497 e. The predicted molar refractivity (Wildman–Crippen MR) is 83.1 cm³/mol. The second-order valence-corrected chi connectivity index (χ2v) is 5.86. The molecule has 1 aliphatic heterocycles. The summed E-state index contributed by atoms with van der Waals surface area (Å²) in [6, 6.07) is 7.77. The molecule has 3 rings (SSSR count). The summed E-state index contributed by atoms with van der Waals surface area (Å²) in [5.74, 6) is 0.609. The number of rotatable bonds is 5. The van der Waals surface area contributed by atoms with Crippen molar-refractivity contribution in [3.8, 4) is 5.75 Å². The van der Waals surface area contributed by atoms with Gasteiger partial charge in [-0.2, -0.15) is 18.2 Å². The minimum absolute atomic E-state index is 0.0433. The van der Waals surface area contributed by atoms with Crippen LogP contribution >= 0.6 is 0 Å². The molecule has 1 N–H and O–H groups in total. The van der Waals surface area contributed by atoms with Crippen LogP contribution in [-0.4, -0.2) is 48.0 Å². The van der Waals surface area contributed by atoms with Gasteiger partial charge >= 0.3 is 6.18 Å². The number of benzene rings is 1. The molecule has 0 spiro atoms. The predicted octanol–water partition coefficient (Wildman–Crippen LogP) is 2.33. The maximum atomic E-state index is 12.4. The first-order chi connectivity index (χ1) is 11.9. The Kier molecular flexibility index (Phi) is 5.24. The van der Waals surface area contributed by atoms with Crippen molar-refractivity contribution in [3.05, 3.63) is 41.5 Å². The summed E-state index contributed by atoms with van der Waals surface area (Å²) in [5, 5.41) is 6.75. The van der Waals surface area contributed by atoms with Crippen LogP contribution in [0.15, 0.2) is 28.8 Å². The summed E-state index contributed by atoms with van der Waals surface area (Å²) in [6.45, 7) is 2.52. The fraction of sp³-hybridized carbons (Fsp3) is 0.500. The molecule has 1 aliphatic rings. The first kappa shape index (κ1) is 17.7. The summed E-state index contributed by atoms with van der Waals surface area (Å²) < 4.78 is 47.5. The third kappa shape index (κ3) is 4.70. The minimum atomic E-state index is -4.35. The average Bonchev–Trinajstić information content (AvgIpc) is 3.00. The fourth-order valence-electron chi connectivity index (χ4n) is 2.89. The molecule has 1 aromatic heterocycles. The number of alkyl halides is 3. The van der Waals surface area contributed by atoms with E-state index in [1.54, 1.807) is 7.11 Å². The Balaban J connectivity index is 1.73. The van der Waals surface area contributed by atoms with Crippen molar-refractivity contribution in [3.63, 3.8) is 0 Å². The monoisotopic (exact) mass is 356 g/mol. The summed E-state index contributed by atoms with van der Waals surface area (Å²) >= 11 is 0. The molecule has 1 saturated heterocycles. The third-order valence-corrected chi connectivity index (χ3v) is 4.04. The van der Waals surface area contributed by atoms with E-state index in [9.17, 15) is 13.2 Å². The van der Waals surface area contributed by atoms with E-state index < -0.39 is 12.6 Å². The Morgan fingerprint density at radius 2 is 2.24 bits per heavy atom. The zero-order valence-corrected chi connectivity index (χ0v) is 13.7. The third-order valence-electron chi connectivity index (χ3n) is 4.04. The Morgan fingerprint density at radius 1 is 1.40 bits per heavy atom. The molecule has 9 heteroatoms. The number of aromatic nitrogens is 2. The van der Waals surface area contributed by atoms with Gasteiger partial charge in [0.25, 0.3) is 0 Å². The molecule has 1 unspecified atom stereocenters. The van der Waals surface area contributed by atoms with Gasteiger partial charge in [-0.3, -0.25) is 4.90 Å². The van der Waals surface area contributed by atoms with Crippen LogP contribution in [0.1, 0.15) is 23.3 Å². The van der Waals surface area contributed by atoms with Crippen molar-refractivity contribution in [1.29, 1.82) is 0 Å². The summed E-state index contributed by atoms with van der Waals surface area (Å²) in [6.07, 6.45) is -5.53. The van der Waals surface area contributed by atoms with Gasteiger partial charge in [0.2, 0.25) is 5.89 Å². The van der Waals surface area contributed by atoms with Gasteiger partial charge in [-0.05, 0) is 17.7 Å². The van der Waals surface area contributed by atoms with E-state index in [4.69, 9.17) is 9.26 Å². The summed E-state index contributed by atoms with van der Waals surface area (Å²) in [5.41, 5.74) is 1.06. The molecule has 2 heterocycles. The highest BCUT2D eigenvalue weighted by Crippen LogP contribution is 2.27. The van der Waals surface area contributed by atoms with Crippen molar-refractivity contribution in [1.82, 2.24) is 20.4 Å². The number of nitrogens with zero attached hydrogens (tertiary/aromatic N) is 3. The molecule has 25 heavy (non-hydrogen) atoms. The fourth-order valence-corrected chi connectivity index (χ4v) is 2.89. The normalized spacial score (nSPS) is 19.1. The zero-order chi connectivity index (χ0) is 17.9. The molecule has 1 aromatic carbocycles. The van der Waals surface area contributed by atoms with Crippen LogP contribution in [0, 0.1) is 0 Å². The number of nitrogens with one attached hydrogen (secondary N) is 1. The molecule has 6 nitrogen and oxygen atoms in total. The van der Waals surface area contributed by atoms with E-state index in [-0.39, 0.29) is 17.8 Å². The van der Waals surface area contributed by atoms with E-state index in [0.29, 0.717) is 6.54 Å². The molecule has 0 radical (unpaired) electrons. The molecule has 0 aliphatic carbocycles. The second kappa shape index (κ2) is 7.40. The summed E-state index contributed by atoms with van der Waals surface area (Å²) in [7, 11) is 1.61. The highest BCUT2D eigenvalue weighted by molar-refractivity contribution is 5.31. The molecule has 1 atom stereocenters. The van der Waals surface area contributed by atoms with Gasteiger partial charge in [0, 0.05) is 25.7 Å². The molecule has 2 aromatic rings. The number of hydrogen-bond acceptors (Lipinski definition) is 6. The maximum Gasteiger partial charge on any atom is 0.396 e. The lowest BCUT2D eigenvalue weighted by molar-refractivity contribution is -0.128. The van der Waals surface area contributed by atoms with Gasteiger partial charge in [-0.15, -0.1) is 0 Å². The van der Waals surface area contributed by atoms with Gasteiger partial charge in [0.15, 0.2) is 5.82 Å². The lowest BCUT2D eigenvalue weighted by Crippen LogP contribution is -2.45. The maximum absolute atomic E-state index is 12.4. The number of hydrogen-bond donors (Lipinski definition) is 1. The number of methoxy groups -OCH3 is 1. The number of halogens is 3. The van der Waals surface area contributed by atoms with E-state index in [1.165, 1.54) is 0 Å². The molecule has 0 amide bonds. The second-order valence-electron chi connectivity index (χ2n) is 5.86. The van der Waals surface area contributed by atoms with Crippen LogP contribution in [0.2, 0.25) is 0 Å². The van der Waals surface area contributed by atoms with Crippen LogP contribution in [0.5, 0.6) is 5.75 Å². The zero-order valence-electron chi connectivity index (χ0n) is 13.7. The van der Waals surface area contributed by atoms with Gasteiger partial charge in [0.1, 0.15) is 12.2 Å². The smallest absolute Gasteiger partial charge is 0.396 e. The Hall–Kier alpha value is -2.13. The highest BCUT2D eigenvalue weighted by atomic mass is 19.4. The minimum Gasteiger partial charge on any atom is -0.497 e. The molecule has 0 saturated carbocycles. The molecule has 136 valence electrons. The lowest BCUT2D eigenvalue weighted by Gasteiger charge is -2.35. The standard InChI is InChI=1S/C16H19F3N4O2/c1-24-12-4-2-3-11(7-12)13-9-20-5-6-23(13)10-15-21-14(22-25-15)8-16(17,18)19/h2-4,7,13,20H,5-6,8-10H2,1H3. The van der Waals surface area contributed by atoms with E-state index >= 15 is 0 Å². The van der Waals surface area contributed by atoms with Crippen LogP contribution in [0.3, 0.4) is 0 Å². The van der Waals surface area contributed by atoms with Crippen molar-refractivity contribution in [2.45, 2.75) is 25.2 Å². The van der Waals surface area contributed by atoms with E-state index in [1.807, 2.05) is 24.3 Å². The Bertz CT molecular complexity index is 705. The Labute approximate surface area is 143 Å². The van der Waals surface area contributed by atoms with E-state index in [2.05, 4.69) is 20.4 Å². The highest BCUT2D eigenvalue weighted by Gasteiger charge is 2.31. The van der Waals surface area contributed by atoms with Gasteiger partial charge in [0.05, 0.1) is 13.7 Å². The quantitative estimate of drug-likeness (QED) is 0.887. The average molecular weight is 356 g/mol.